The van der Waals surface area contributed by atoms with E-state index < -0.39 is 5.97 Å². The smallest absolute Gasteiger partial charge is 0.337 e. The molecule has 0 aromatic carbocycles. The van der Waals surface area contributed by atoms with Gasteiger partial charge in [0.1, 0.15) is 0 Å². The number of hydrogen-bond donors (Lipinski definition) is 3. The van der Waals surface area contributed by atoms with Gasteiger partial charge in [0.25, 0.3) is 0 Å². The molecule has 0 bridgehead atoms. The third-order valence-corrected chi connectivity index (χ3v) is 6.19. The molecule has 4 N–H and O–H groups in total. The van der Waals surface area contributed by atoms with Crippen molar-refractivity contribution in [2.24, 2.45) is 5.73 Å². The molecular formula is C20H25N5O2. The number of carboxylic acid groups (broad SMARTS) is 1. The molecule has 0 spiro atoms. The van der Waals surface area contributed by atoms with Crippen molar-refractivity contribution < 1.29 is 9.90 Å². The van der Waals surface area contributed by atoms with Crippen LogP contribution < -0.4 is 10.6 Å². The van der Waals surface area contributed by atoms with Crippen LogP contribution in [0.15, 0.2) is 6.20 Å². The van der Waals surface area contributed by atoms with E-state index in [0.717, 1.165) is 66.5 Å². The Bertz CT molecular complexity index is 909. The molecule has 5 rings (SSSR count). The molecular weight excluding hydrogens is 342 g/mol. The van der Waals surface area contributed by atoms with Crippen LogP contribution >= 0.6 is 0 Å². The highest BCUT2D eigenvalue weighted by atomic mass is 16.4. The summed E-state index contributed by atoms with van der Waals surface area (Å²) in [5.74, 6) is -0.118. The zero-order valence-electron chi connectivity index (χ0n) is 15.4. The lowest BCUT2D eigenvalue weighted by atomic mass is 9.92. The number of rotatable bonds is 4. The summed E-state index contributed by atoms with van der Waals surface area (Å²) in [6.07, 6.45) is 9.47. The number of carboxylic acids is 1. The first-order valence-corrected chi connectivity index (χ1v) is 9.91. The number of nitrogens with zero attached hydrogens (tertiary/aromatic N) is 3. The summed E-state index contributed by atoms with van der Waals surface area (Å²) in [6, 6.07) is 0. The number of piperidine rings is 1. The summed E-state index contributed by atoms with van der Waals surface area (Å²) in [6.45, 7) is 1.97. The zero-order valence-corrected chi connectivity index (χ0v) is 15.4. The molecule has 2 fully saturated rings. The van der Waals surface area contributed by atoms with Gasteiger partial charge in [-0.25, -0.2) is 14.8 Å². The molecule has 3 aliphatic rings. The van der Waals surface area contributed by atoms with Crippen molar-refractivity contribution in [1.82, 2.24) is 15.0 Å². The summed E-state index contributed by atoms with van der Waals surface area (Å²) < 4.78 is 0. The van der Waals surface area contributed by atoms with Crippen molar-refractivity contribution in [3.63, 3.8) is 0 Å². The topological polar surface area (TPSA) is 108 Å². The number of H-pyrrole nitrogens is 1. The van der Waals surface area contributed by atoms with Crippen LogP contribution in [0, 0.1) is 0 Å². The molecule has 1 saturated heterocycles. The first-order valence-electron chi connectivity index (χ1n) is 9.91. The fourth-order valence-corrected chi connectivity index (χ4v) is 4.43. The number of aryl methyl sites for hydroxylation is 1. The van der Waals surface area contributed by atoms with Crippen molar-refractivity contribution in [2.45, 2.75) is 56.9 Å². The fraction of sp³-hybridized carbons (Fsp3) is 0.550. The second-order valence-electron chi connectivity index (χ2n) is 8.27. The predicted octanol–water partition coefficient (Wildman–Crippen LogP) is 2.29. The summed E-state index contributed by atoms with van der Waals surface area (Å²) in [7, 11) is 0. The first-order chi connectivity index (χ1) is 13.0. The molecule has 0 radical (unpaired) electrons. The van der Waals surface area contributed by atoms with Crippen molar-refractivity contribution in [2.75, 3.05) is 18.0 Å². The Hall–Kier alpha value is -2.41. The summed E-state index contributed by atoms with van der Waals surface area (Å²) in [5, 5.41) is 9.83. The van der Waals surface area contributed by atoms with E-state index in [1.807, 2.05) is 6.20 Å². The molecule has 0 amide bonds. The number of anilines is 1. The number of nitrogens with one attached hydrogen (secondary N) is 1. The average molecular weight is 367 g/mol. The second kappa shape index (κ2) is 6.05. The third kappa shape index (κ3) is 2.90. The number of fused-ring (bicyclic) bond motifs is 3. The molecule has 2 aromatic rings. The van der Waals surface area contributed by atoms with Crippen molar-refractivity contribution >= 4 is 11.9 Å². The van der Waals surface area contributed by atoms with E-state index in [2.05, 4.69) is 14.9 Å². The van der Waals surface area contributed by atoms with Gasteiger partial charge in [0.15, 0.2) is 0 Å². The Kier molecular flexibility index (Phi) is 3.75. The van der Waals surface area contributed by atoms with E-state index in [4.69, 9.17) is 10.7 Å². The Morgan fingerprint density at radius 3 is 2.74 bits per heavy atom. The molecule has 1 aliphatic heterocycles. The van der Waals surface area contributed by atoms with Crippen LogP contribution in [0.2, 0.25) is 0 Å². The molecule has 142 valence electrons. The number of carbonyl (C=O) groups is 1. The lowest BCUT2D eigenvalue weighted by Gasteiger charge is -2.27. The number of aromatic amines is 1. The molecule has 0 unspecified atom stereocenters. The fourth-order valence-electron chi connectivity index (χ4n) is 4.43. The second-order valence-corrected chi connectivity index (χ2v) is 8.27. The van der Waals surface area contributed by atoms with Gasteiger partial charge < -0.3 is 20.7 Å². The maximum absolute atomic E-state index is 12.0. The van der Waals surface area contributed by atoms with Gasteiger partial charge in [0.2, 0.25) is 5.95 Å². The molecule has 2 aliphatic carbocycles. The lowest BCUT2D eigenvalue weighted by molar-refractivity contribution is 0.0694. The van der Waals surface area contributed by atoms with Crippen LogP contribution in [0.3, 0.4) is 0 Å². The Balaban J connectivity index is 1.58. The van der Waals surface area contributed by atoms with E-state index in [1.54, 1.807) is 0 Å². The van der Waals surface area contributed by atoms with Crippen LogP contribution in [0.1, 0.15) is 59.3 Å². The van der Waals surface area contributed by atoms with E-state index in [1.165, 1.54) is 19.3 Å². The van der Waals surface area contributed by atoms with Gasteiger partial charge in [0, 0.05) is 36.9 Å². The zero-order chi connectivity index (χ0) is 18.6. The molecule has 0 atom stereocenters. The standard InChI is InChI=1S/C20H25N5O2/c21-20(6-7-20)10-14-15(18(26)27)13-5-4-12-11-22-19(24-16(12)17(13)23-14)25-8-2-1-3-9-25/h11,23H,1-10,21H2,(H,26,27). The van der Waals surface area contributed by atoms with Crippen LogP contribution in [0.4, 0.5) is 5.95 Å². The monoisotopic (exact) mass is 367 g/mol. The molecule has 1 saturated carbocycles. The SMILES string of the molecule is NC1(Cc2[nH]c3c(c2C(=O)O)CCc2cnc(N4CCCCC4)nc2-3)CC1. The highest BCUT2D eigenvalue weighted by molar-refractivity contribution is 5.94. The first kappa shape index (κ1) is 16.7. The molecule has 27 heavy (non-hydrogen) atoms. The normalized spacial score (nSPS) is 20.1. The Morgan fingerprint density at radius 2 is 2.04 bits per heavy atom. The minimum absolute atomic E-state index is 0.245. The minimum Gasteiger partial charge on any atom is -0.478 e. The van der Waals surface area contributed by atoms with Gasteiger partial charge in [-0.2, -0.15) is 0 Å². The van der Waals surface area contributed by atoms with Crippen LogP contribution in [-0.2, 0) is 19.3 Å². The maximum atomic E-state index is 12.0. The Morgan fingerprint density at radius 1 is 1.26 bits per heavy atom. The quantitative estimate of drug-likeness (QED) is 0.765. The molecule has 7 nitrogen and oxygen atoms in total. The number of hydrogen-bond acceptors (Lipinski definition) is 5. The van der Waals surface area contributed by atoms with Crippen molar-refractivity contribution in [3.8, 4) is 11.4 Å². The summed E-state index contributed by atoms with van der Waals surface area (Å²) >= 11 is 0. The maximum Gasteiger partial charge on any atom is 0.337 e. The van der Waals surface area contributed by atoms with Crippen LogP contribution in [0.5, 0.6) is 0 Å². The summed E-state index contributed by atoms with van der Waals surface area (Å²) in [4.78, 5) is 27.1. The number of aromatic nitrogens is 3. The van der Waals surface area contributed by atoms with Crippen LogP contribution in [-0.4, -0.2) is 44.7 Å². The highest BCUT2D eigenvalue weighted by Crippen LogP contribution is 2.40. The average Bonchev–Trinajstić information content (AvgIpc) is 3.27. The molecule has 2 aromatic heterocycles. The van der Waals surface area contributed by atoms with Crippen molar-refractivity contribution in [3.05, 3.63) is 28.6 Å². The lowest BCUT2D eigenvalue weighted by Crippen LogP contribution is -2.31. The van der Waals surface area contributed by atoms with Crippen LogP contribution in [0.25, 0.3) is 11.4 Å². The third-order valence-electron chi connectivity index (χ3n) is 6.19. The molecule has 3 heterocycles. The van der Waals surface area contributed by atoms with Gasteiger partial charge in [-0.1, -0.05) is 0 Å². The van der Waals surface area contributed by atoms with E-state index >= 15 is 0 Å². The molecule has 7 heteroatoms. The summed E-state index contributed by atoms with van der Waals surface area (Å²) in [5.41, 5.74) is 10.9. The van der Waals surface area contributed by atoms with E-state index in [9.17, 15) is 9.90 Å². The van der Waals surface area contributed by atoms with Crippen molar-refractivity contribution in [1.29, 1.82) is 0 Å². The largest absolute Gasteiger partial charge is 0.478 e. The van der Waals surface area contributed by atoms with Gasteiger partial charge in [-0.15, -0.1) is 0 Å². The predicted molar refractivity (Wildman–Crippen MR) is 102 cm³/mol. The van der Waals surface area contributed by atoms with Gasteiger partial charge in [-0.05, 0) is 56.1 Å². The van der Waals surface area contributed by atoms with E-state index in [0.29, 0.717) is 18.4 Å². The number of aromatic carboxylic acids is 1. The van der Waals surface area contributed by atoms with Gasteiger partial charge >= 0.3 is 5.97 Å². The van der Waals surface area contributed by atoms with Gasteiger partial charge in [0.05, 0.1) is 17.0 Å². The minimum atomic E-state index is -0.875. The number of nitrogens with two attached hydrogens (primary N) is 1. The van der Waals surface area contributed by atoms with Gasteiger partial charge in [-0.3, -0.25) is 0 Å². The Labute approximate surface area is 158 Å². The van der Waals surface area contributed by atoms with E-state index in [-0.39, 0.29) is 5.54 Å². The highest BCUT2D eigenvalue weighted by Gasteiger charge is 2.41.